The minimum atomic E-state index is -5.21. The van der Waals surface area contributed by atoms with Gasteiger partial charge in [0.2, 0.25) is 5.91 Å². The molecule has 7 N–H and O–H groups in total. The van der Waals surface area contributed by atoms with Crippen LogP contribution >= 0.6 is 23.2 Å². The number of ether oxygens (including phenoxy) is 1. The van der Waals surface area contributed by atoms with E-state index in [1.807, 2.05) is 0 Å². The Hall–Kier alpha value is -4.28. The normalized spacial score (nSPS) is 15.2. The van der Waals surface area contributed by atoms with Crippen molar-refractivity contribution in [1.82, 2.24) is 16.0 Å². The van der Waals surface area contributed by atoms with Crippen molar-refractivity contribution < 1.29 is 47.3 Å². The van der Waals surface area contributed by atoms with Crippen LogP contribution in [0.1, 0.15) is 35.3 Å². The van der Waals surface area contributed by atoms with E-state index in [-0.39, 0.29) is 52.5 Å². The van der Waals surface area contributed by atoms with Crippen LogP contribution in [0.3, 0.4) is 0 Å². The molecule has 3 amide bonds. The molecule has 0 aromatic heterocycles. The molecule has 1 aliphatic rings. The molecule has 1 heterocycles. The first-order valence-electron chi connectivity index (χ1n) is 12.8. The van der Waals surface area contributed by atoms with E-state index in [9.17, 15) is 42.6 Å². The number of β-amino-alcohol motifs (C(OH)–C–C–N with tert-alkyl or cyclic N) is 1. The van der Waals surface area contributed by atoms with E-state index in [0.717, 1.165) is 12.1 Å². The first-order chi connectivity index (χ1) is 20.7. The lowest BCUT2D eigenvalue weighted by Gasteiger charge is -2.21. The summed E-state index contributed by atoms with van der Waals surface area (Å²) in [5.41, 5.74) is -0.596. The molecule has 0 bridgehead atoms. The largest absolute Gasteiger partial charge is 0.506 e. The number of aliphatic hydroxyl groups excluding tert-OH is 1. The maximum Gasteiger partial charge on any atom is 0.471 e. The highest BCUT2D eigenvalue weighted by molar-refractivity contribution is 6.35. The number of aliphatic hydroxyl groups is 1. The average Bonchev–Trinajstić information content (AvgIpc) is 2.94. The Bertz CT molecular complexity index is 1460. The second-order valence-electron chi connectivity index (χ2n) is 9.24. The Kier molecular flexibility index (Phi) is 11.6. The van der Waals surface area contributed by atoms with Crippen LogP contribution in [0.15, 0.2) is 35.3 Å². The summed E-state index contributed by atoms with van der Waals surface area (Å²) in [6, 6.07) is 4.66. The second-order valence-corrected chi connectivity index (χ2v) is 10.1. The first-order valence-corrected chi connectivity index (χ1v) is 13.6. The fourth-order valence-corrected chi connectivity index (χ4v) is 4.35. The standard InChI is InChI=1S/C26H27Cl2F3N6O7/c1-2-44-21(40)8-19(17-5-13(27)6-18(28)22(17)41)37-20(39)11-32-23(42)12-3-14(35-24(43)26(29,30)31)7-15(4-12)36-25-33-9-16(38)10-34-25/h3-7,16,19,38,41H,2,8-11H2,1H3,(H,32,42)(H,35,43)(H,37,39)(H2,33,34,36). The highest BCUT2D eigenvalue weighted by Crippen LogP contribution is 2.36. The highest BCUT2D eigenvalue weighted by Gasteiger charge is 2.38. The second kappa shape index (κ2) is 14.9. The van der Waals surface area contributed by atoms with Crippen molar-refractivity contribution >= 4 is 64.2 Å². The van der Waals surface area contributed by atoms with Gasteiger partial charge in [-0.05, 0) is 37.3 Å². The van der Waals surface area contributed by atoms with Gasteiger partial charge in [0.15, 0.2) is 5.96 Å². The van der Waals surface area contributed by atoms with E-state index >= 15 is 0 Å². The number of halogens is 5. The van der Waals surface area contributed by atoms with Gasteiger partial charge in [0.1, 0.15) is 5.75 Å². The van der Waals surface area contributed by atoms with Crippen LogP contribution in [0.2, 0.25) is 10.0 Å². The number of aromatic hydroxyl groups is 1. The maximum absolute atomic E-state index is 13.0. The monoisotopic (exact) mass is 662 g/mol. The summed E-state index contributed by atoms with van der Waals surface area (Å²) in [6.07, 6.45) is -6.39. The van der Waals surface area contributed by atoms with Crippen molar-refractivity contribution in [3.8, 4) is 5.75 Å². The molecule has 0 fully saturated rings. The first kappa shape index (κ1) is 34.2. The molecule has 2 aromatic rings. The molecule has 18 heteroatoms. The SMILES string of the molecule is CCOC(=O)CC(NC(=O)CNC(=O)c1cc(NC(=O)C(F)(F)F)cc(NC2=NCC(O)CN2)c1)c1cc(Cl)cc(Cl)c1O. The number of carbonyl (C=O) groups excluding carboxylic acids is 4. The molecule has 44 heavy (non-hydrogen) atoms. The molecule has 13 nitrogen and oxygen atoms in total. The summed E-state index contributed by atoms with van der Waals surface area (Å²) in [5, 5.41) is 31.9. The lowest BCUT2D eigenvalue weighted by Crippen LogP contribution is -2.42. The van der Waals surface area contributed by atoms with Crippen LogP contribution < -0.4 is 26.6 Å². The van der Waals surface area contributed by atoms with Gasteiger partial charge in [0, 0.05) is 34.1 Å². The lowest BCUT2D eigenvalue weighted by atomic mass is 10.0. The smallest absolute Gasteiger partial charge is 0.471 e. The highest BCUT2D eigenvalue weighted by atomic mass is 35.5. The van der Waals surface area contributed by atoms with Gasteiger partial charge in [-0.2, -0.15) is 13.2 Å². The molecular formula is C26H27Cl2F3N6O7. The van der Waals surface area contributed by atoms with Crippen molar-refractivity contribution in [2.24, 2.45) is 4.99 Å². The molecule has 0 saturated carbocycles. The van der Waals surface area contributed by atoms with Crippen molar-refractivity contribution in [3.05, 3.63) is 51.5 Å². The maximum atomic E-state index is 13.0. The van der Waals surface area contributed by atoms with Gasteiger partial charge in [0.05, 0.1) is 43.3 Å². The summed E-state index contributed by atoms with van der Waals surface area (Å²) < 4.78 is 43.5. The van der Waals surface area contributed by atoms with E-state index < -0.39 is 66.4 Å². The zero-order valence-corrected chi connectivity index (χ0v) is 24.4. The van der Waals surface area contributed by atoms with Crippen molar-refractivity contribution in [1.29, 1.82) is 0 Å². The number of hydrogen-bond acceptors (Lipinski definition) is 10. The fourth-order valence-electron chi connectivity index (χ4n) is 3.84. The molecule has 0 radical (unpaired) electrons. The minimum Gasteiger partial charge on any atom is -0.506 e. The average molecular weight is 663 g/mol. The van der Waals surface area contributed by atoms with Crippen LogP contribution in [-0.4, -0.2) is 78.4 Å². The van der Waals surface area contributed by atoms with E-state index in [4.69, 9.17) is 27.9 Å². The predicted molar refractivity (Wildman–Crippen MR) is 154 cm³/mol. The molecule has 2 atom stereocenters. The number of esters is 1. The number of nitrogens with zero attached hydrogens (tertiary/aromatic N) is 1. The molecular weight excluding hydrogens is 636 g/mol. The summed E-state index contributed by atoms with van der Waals surface area (Å²) in [7, 11) is 0. The number of guanidine groups is 1. The number of alkyl halides is 3. The Morgan fingerprint density at radius 3 is 2.48 bits per heavy atom. The number of nitrogens with one attached hydrogen (secondary N) is 5. The van der Waals surface area contributed by atoms with E-state index in [2.05, 4.69) is 26.3 Å². The summed E-state index contributed by atoms with van der Waals surface area (Å²) in [4.78, 5) is 53.5. The Morgan fingerprint density at radius 2 is 1.84 bits per heavy atom. The number of phenols is 1. The van der Waals surface area contributed by atoms with Crippen molar-refractivity contribution in [2.75, 3.05) is 36.9 Å². The van der Waals surface area contributed by atoms with Crippen molar-refractivity contribution in [3.63, 3.8) is 0 Å². The van der Waals surface area contributed by atoms with Crippen LogP contribution in [0.4, 0.5) is 24.5 Å². The molecule has 3 rings (SSSR count). The number of hydrogen-bond donors (Lipinski definition) is 7. The molecule has 0 spiro atoms. The van der Waals surface area contributed by atoms with Gasteiger partial charge in [-0.1, -0.05) is 23.2 Å². The minimum absolute atomic E-state index is 0.00538. The van der Waals surface area contributed by atoms with Crippen LogP contribution in [0.25, 0.3) is 0 Å². The van der Waals surface area contributed by atoms with Gasteiger partial charge in [-0.3, -0.25) is 24.2 Å². The third kappa shape index (κ3) is 9.89. The summed E-state index contributed by atoms with van der Waals surface area (Å²) in [6.45, 7) is 1.11. The van der Waals surface area contributed by atoms with Gasteiger partial charge < -0.3 is 41.5 Å². The third-order valence-corrected chi connectivity index (χ3v) is 6.30. The van der Waals surface area contributed by atoms with Gasteiger partial charge in [-0.15, -0.1) is 0 Å². The summed E-state index contributed by atoms with van der Waals surface area (Å²) in [5.74, 6) is -5.05. The molecule has 2 aromatic carbocycles. The topological polar surface area (TPSA) is 190 Å². The number of aliphatic imine (C=N–C) groups is 1. The number of phenolic OH excluding ortho intramolecular Hbond substituents is 1. The zero-order chi connectivity index (χ0) is 32.6. The van der Waals surface area contributed by atoms with Gasteiger partial charge in [-0.25, -0.2) is 0 Å². The number of rotatable bonds is 10. The molecule has 238 valence electrons. The van der Waals surface area contributed by atoms with Gasteiger partial charge in [0.25, 0.3) is 5.91 Å². The van der Waals surface area contributed by atoms with Crippen LogP contribution in [-0.2, 0) is 19.1 Å². The fraction of sp³-hybridized carbons (Fsp3) is 0.346. The predicted octanol–water partition coefficient (Wildman–Crippen LogP) is 2.47. The van der Waals surface area contributed by atoms with E-state index in [1.54, 1.807) is 12.2 Å². The van der Waals surface area contributed by atoms with E-state index in [1.165, 1.54) is 18.2 Å². The summed E-state index contributed by atoms with van der Waals surface area (Å²) >= 11 is 12.0. The zero-order valence-electron chi connectivity index (χ0n) is 22.8. The van der Waals surface area contributed by atoms with Crippen molar-refractivity contribution in [2.45, 2.75) is 31.7 Å². The lowest BCUT2D eigenvalue weighted by molar-refractivity contribution is -0.167. The van der Waals surface area contributed by atoms with Crippen LogP contribution in [0, 0.1) is 0 Å². The molecule has 0 saturated heterocycles. The number of anilines is 2. The molecule has 0 aliphatic carbocycles. The Labute approximate surface area is 258 Å². The molecule has 1 aliphatic heterocycles. The Morgan fingerprint density at radius 1 is 1.14 bits per heavy atom. The number of carbonyl (C=O) groups is 4. The Balaban J connectivity index is 1.78. The quantitative estimate of drug-likeness (QED) is 0.187. The van der Waals surface area contributed by atoms with Crippen LogP contribution in [0.5, 0.6) is 5.75 Å². The number of amides is 3. The molecule has 2 unspecified atom stereocenters. The van der Waals surface area contributed by atoms with Gasteiger partial charge >= 0.3 is 18.1 Å². The third-order valence-electron chi connectivity index (χ3n) is 5.79. The van der Waals surface area contributed by atoms with E-state index in [0.29, 0.717) is 0 Å². The number of benzene rings is 2.